The van der Waals surface area contributed by atoms with Gasteiger partial charge in [0.25, 0.3) is 0 Å². The molecule has 0 fully saturated rings. The average molecular weight is 217 g/mol. The summed E-state index contributed by atoms with van der Waals surface area (Å²) in [5.74, 6) is 0.556. The molecule has 5 nitrogen and oxygen atoms in total. The lowest BCUT2D eigenvalue weighted by atomic mass is 10.2. The van der Waals surface area contributed by atoms with Crippen molar-refractivity contribution in [1.29, 1.82) is 0 Å². The van der Waals surface area contributed by atoms with Crippen molar-refractivity contribution in [1.82, 2.24) is 14.5 Å². The number of carbonyl (C=O) groups is 1. The van der Waals surface area contributed by atoms with Gasteiger partial charge in [-0.05, 0) is 19.1 Å². The van der Waals surface area contributed by atoms with Gasteiger partial charge in [0.1, 0.15) is 5.82 Å². The van der Waals surface area contributed by atoms with Crippen LogP contribution in [0.1, 0.15) is 6.92 Å². The third-order valence-corrected chi connectivity index (χ3v) is 2.04. The van der Waals surface area contributed by atoms with Gasteiger partial charge in [-0.25, -0.2) is 14.3 Å². The van der Waals surface area contributed by atoms with Crippen LogP contribution in [0.25, 0.3) is 11.4 Å². The highest BCUT2D eigenvalue weighted by Gasteiger charge is 2.12. The second-order valence-electron chi connectivity index (χ2n) is 3.06. The van der Waals surface area contributed by atoms with E-state index in [1.165, 1.54) is 4.57 Å². The molecule has 0 N–H and O–H groups in total. The summed E-state index contributed by atoms with van der Waals surface area (Å²) in [7, 11) is 0. The van der Waals surface area contributed by atoms with Gasteiger partial charge < -0.3 is 4.74 Å². The molecule has 0 aromatic carbocycles. The fourth-order valence-electron chi connectivity index (χ4n) is 1.36. The van der Waals surface area contributed by atoms with E-state index in [1.54, 1.807) is 43.8 Å². The van der Waals surface area contributed by atoms with Gasteiger partial charge >= 0.3 is 6.09 Å². The van der Waals surface area contributed by atoms with E-state index in [2.05, 4.69) is 9.97 Å². The first-order valence-electron chi connectivity index (χ1n) is 4.93. The Morgan fingerprint density at radius 2 is 2.12 bits per heavy atom. The SMILES string of the molecule is CCOC(=O)n1ccnc1-c1ccncc1. The molecule has 0 saturated carbocycles. The van der Waals surface area contributed by atoms with Crippen molar-refractivity contribution in [3.63, 3.8) is 0 Å². The van der Waals surface area contributed by atoms with Crippen molar-refractivity contribution in [3.05, 3.63) is 36.9 Å². The second kappa shape index (κ2) is 4.57. The van der Waals surface area contributed by atoms with Crippen molar-refractivity contribution < 1.29 is 9.53 Å². The molecule has 0 aliphatic carbocycles. The standard InChI is InChI=1S/C11H11N3O2/c1-2-16-11(15)14-8-7-13-10(14)9-3-5-12-6-4-9/h3-8H,2H2,1H3. The van der Waals surface area contributed by atoms with Crippen molar-refractivity contribution in [2.45, 2.75) is 6.92 Å². The number of pyridine rings is 1. The minimum Gasteiger partial charge on any atom is -0.449 e. The van der Waals surface area contributed by atoms with Gasteiger partial charge in [-0.3, -0.25) is 4.98 Å². The first-order valence-corrected chi connectivity index (χ1v) is 4.93. The molecule has 0 aliphatic rings. The van der Waals surface area contributed by atoms with E-state index in [-0.39, 0.29) is 0 Å². The highest BCUT2D eigenvalue weighted by molar-refractivity contribution is 5.76. The molecule has 0 atom stereocenters. The number of hydrogen-bond donors (Lipinski definition) is 0. The number of aromatic nitrogens is 3. The largest absolute Gasteiger partial charge is 0.449 e. The van der Waals surface area contributed by atoms with Gasteiger partial charge in [-0.2, -0.15) is 0 Å². The van der Waals surface area contributed by atoms with E-state index in [4.69, 9.17) is 4.74 Å². The molecule has 2 aromatic rings. The van der Waals surface area contributed by atoms with Crippen LogP contribution in [0.15, 0.2) is 36.9 Å². The Bertz CT molecular complexity index is 479. The van der Waals surface area contributed by atoms with Gasteiger partial charge in [-0.1, -0.05) is 0 Å². The molecular weight excluding hydrogens is 206 g/mol. The monoisotopic (exact) mass is 217 g/mol. The summed E-state index contributed by atoms with van der Waals surface area (Å²) in [5.41, 5.74) is 0.827. The Labute approximate surface area is 92.7 Å². The predicted octanol–water partition coefficient (Wildman–Crippen LogP) is 1.95. The summed E-state index contributed by atoms with van der Waals surface area (Å²) in [6.07, 6.45) is 6.02. The van der Waals surface area contributed by atoms with Gasteiger partial charge in [0.05, 0.1) is 6.61 Å². The summed E-state index contributed by atoms with van der Waals surface area (Å²) < 4.78 is 6.29. The van der Waals surface area contributed by atoms with E-state index in [9.17, 15) is 4.79 Å². The van der Waals surface area contributed by atoms with Crippen LogP contribution in [0, 0.1) is 0 Å². The number of hydrogen-bond acceptors (Lipinski definition) is 4. The Hall–Kier alpha value is -2.17. The Kier molecular flexibility index (Phi) is 2.95. The van der Waals surface area contributed by atoms with Gasteiger partial charge in [0, 0.05) is 30.4 Å². The lowest BCUT2D eigenvalue weighted by Gasteiger charge is -2.05. The number of ether oxygens (including phenoxy) is 1. The fraction of sp³-hybridized carbons (Fsp3) is 0.182. The molecule has 2 aromatic heterocycles. The molecule has 0 aliphatic heterocycles. The van der Waals surface area contributed by atoms with Crippen molar-refractivity contribution in [2.75, 3.05) is 6.61 Å². The molecule has 0 unspecified atom stereocenters. The van der Waals surface area contributed by atoms with Crippen LogP contribution in [-0.2, 0) is 4.74 Å². The smallest absolute Gasteiger partial charge is 0.419 e. The minimum atomic E-state index is -0.424. The number of nitrogens with zero attached hydrogens (tertiary/aromatic N) is 3. The highest BCUT2D eigenvalue weighted by atomic mass is 16.5. The summed E-state index contributed by atoms with van der Waals surface area (Å²) >= 11 is 0. The molecular formula is C11H11N3O2. The molecule has 82 valence electrons. The molecule has 5 heteroatoms. The fourth-order valence-corrected chi connectivity index (χ4v) is 1.36. The maximum Gasteiger partial charge on any atom is 0.419 e. The lowest BCUT2D eigenvalue weighted by Crippen LogP contribution is -2.13. The molecule has 2 rings (SSSR count). The van der Waals surface area contributed by atoms with Crippen LogP contribution < -0.4 is 0 Å². The molecule has 0 bridgehead atoms. The summed E-state index contributed by atoms with van der Waals surface area (Å²) in [6, 6.07) is 3.58. The summed E-state index contributed by atoms with van der Waals surface area (Å²) in [6.45, 7) is 2.10. The average Bonchev–Trinajstić information content (AvgIpc) is 2.79. The Morgan fingerprint density at radius 1 is 1.38 bits per heavy atom. The Balaban J connectivity index is 2.37. The zero-order chi connectivity index (χ0) is 11.4. The first kappa shape index (κ1) is 10.4. The molecule has 0 radical (unpaired) electrons. The zero-order valence-corrected chi connectivity index (χ0v) is 8.83. The van der Waals surface area contributed by atoms with Crippen LogP contribution >= 0.6 is 0 Å². The third-order valence-electron chi connectivity index (χ3n) is 2.04. The van der Waals surface area contributed by atoms with E-state index in [0.29, 0.717) is 12.4 Å². The molecule has 0 amide bonds. The lowest BCUT2D eigenvalue weighted by molar-refractivity contribution is 0.154. The topological polar surface area (TPSA) is 57.0 Å². The van der Waals surface area contributed by atoms with E-state index in [0.717, 1.165) is 5.56 Å². The maximum atomic E-state index is 11.6. The number of imidazole rings is 1. The van der Waals surface area contributed by atoms with Crippen LogP contribution in [0.2, 0.25) is 0 Å². The molecule has 16 heavy (non-hydrogen) atoms. The highest BCUT2D eigenvalue weighted by Crippen LogP contribution is 2.15. The van der Waals surface area contributed by atoms with Crippen LogP contribution in [0.3, 0.4) is 0 Å². The van der Waals surface area contributed by atoms with E-state index >= 15 is 0 Å². The molecule has 0 spiro atoms. The zero-order valence-electron chi connectivity index (χ0n) is 8.83. The summed E-state index contributed by atoms with van der Waals surface area (Å²) in [4.78, 5) is 19.6. The minimum absolute atomic E-state index is 0.340. The predicted molar refractivity (Wildman–Crippen MR) is 57.9 cm³/mol. The normalized spacial score (nSPS) is 10.1. The van der Waals surface area contributed by atoms with Crippen LogP contribution in [0.5, 0.6) is 0 Å². The quantitative estimate of drug-likeness (QED) is 0.771. The number of carbonyl (C=O) groups excluding carboxylic acids is 1. The maximum absolute atomic E-state index is 11.6. The molecule has 0 saturated heterocycles. The van der Waals surface area contributed by atoms with Gasteiger partial charge in [-0.15, -0.1) is 0 Å². The Morgan fingerprint density at radius 3 is 2.81 bits per heavy atom. The number of rotatable bonds is 2. The van der Waals surface area contributed by atoms with E-state index in [1.807, 2.05) is 0 Å². The third kappa shape index (κ3) is 1.93. The van der Waals surface area contributed by atoms with Crippen LogP contribution in [0.4, 0.5) is 4.79 Å². The molecule has 2 heterocycles. The second-order valence-corrected chi connectivity index (χ2v) is 3.06. The van der Waals surface area contributed by atoms with Crippen molar-refractivity contribution >= 4 is 6.09 Å². The first-order chi connectivity index (χ1) is 7.83. The van der Waals surface area contributed by atoms with Crippen LogP contribution in [-0.4, -0.2) is 27.2 Å². The summed E-state index contributed by atoms with van der Waals surface area (Å²) in [5, 5.41) is 0. The van der Waals surface area contributed by atoms with Gasteiger partial charge in [0.15, 0.2) is 0 Å². The van der Waals surface area contributed by atoms with Crippen molar-refractivity contribution in [3.8, 4) is 11.4 Å². The van der Waals surface area contributed by atoms with Gasteiger partial charge in [0.2, 0.25) is 0 Å². The van der Waals surface area contributed by atoms with Crippen molar-refractivity contribution in [2.24, 2.45) is 0 Å². The van der Waals surface area contributed by atoms with E-state index < -0.39 is 6.09 Å².